The lowest BCUT2D eigenvalue weighted by Gasteiger charge is -2.20. The Kier molecular flexibility index (Phi) is 4.37. The molecule has 0 bridgehead atoms. The summed E-state index contributed by atoms with van der Waals surface area (Å²) in [6, 6.07) is 4.31. The molecule has 2 heterocycles. The smallest absolute Gasteiger partial charge is 0.222 e. The molecule has 1 aliphatic rings. The highest BCUT2D eigenvalue weighted by atomic mass is 16.5. The van der Waals surface area contributed by atoms with Crippen LogP contribution in [-0.2, 0) is 11.3 Å². The molecule has 0 spiro atoms. The van der Waals surface area contributed by atoms with Gasteiger partial charge >= 0.3 is 0 Å². The summed E-state index contributed by atoms with van der Waals surface area (Å²) >= 11 is 0. The molecule has 1 aromatic rings. The lowest BCUT2D eigenvalue weighted by Crippen LogP contribution is -2.37. The fraction of sp³-hybridized carbons (Fsp3) is 0.571. The summed E-state index contributed by atoms with van der Waals surface area (Å²) in [6.07, 6.45) is 1.60. The highest BCUT2D eigenvalue weighted by Gasteiger charge is 2.26. The Morgan fingerprint density at radius 3 is 2.95 bits per heavy atom. The summed E-state index contributed by atoms with van der Waals surface area (Å²) < 4.78 is 5.27. The second kappa shape index (κ2) is 6.02. The largest absolute Gasteiger partial charge is 0.481 e. The Balaban J connectivity index is 1.87. The van der Waals surface area contributed by atoms with E-state index in [-0.39, 0.29) is 5.91 Å². The van der Waals surface area contributed by atoms with E-state index in [2.05, 4.69) is 10.3 Å². The van der Waals surface area contributed by atoms with Gasteiger partial charge < -0.3 is 15.0 Å². The van der Waals surface area contributed by atoms with Crippen LogP contribution in [0.4, 0.5) is 0 Å². The van der Waals surface area contributed by atoms with Gasteiger partial charge in [-0.2, -0.15) is 0 Å². The van der Waals surface area contributed by atoms with Gasteiger partial charge in [0.05, 0.1) is 7.11 Å². The Hall–Kier alpha value is -1.62. The summed E-state index contributed by atoms with van der Waals surface area (Å²) in [5.74, 6) is 0.907. The molecule has 0 aromatic carbocycles. The highest BCUT2D eigenvalue weighted by Crippen LogP contribution is 2.17. The van der Waals surface area contributed by atoms with Crippen LogP contribution in [0, 0.1) is 6.92 Å². The lowest BCUT2D eigenvalue weighted by atomic mass is 10.2. The Labute approximate surface area is 114 Å². The second-order valence-electron chi connectivity index (χ2n) is 4.95. The van der Waals surface area contributed by atoms with Crippen molar-refractivity contribution in [2.45, 2.75) is 32.4 Å². The molecule has 1 unspecified atom stereocenters. The number of ether oxygens (including phenoxy) is 1. The van der Waals surface area contributed by atoms with Gasteiger partial charge in [-0.05, 0) is 19.4 Å². The van der Waals surface area contributed by atoms with Crippen molar-refractivity contribution in [1.29, 1.82) is 0 Å². The molecule has 1 aromatic heterocycles. The molecule has 5 nitrogen and oxygen atoms in total. The number of nitrogens with one attached hydrogen (secondary N) is 1. The second-order valence-corrected chi connectivity index (χ2v) is 4.95. The standard InChI is InChI=1S/C14H21N3O2/c1-10-4-5-11(14(16-10)19-3)8-15-9-12-6-7-13(18)17(12)2/h4-5,12,15H,6-9H2,1-3H3. The quantitative estimate of drug-likeness (QED) is 0.864. The number of pyridine rings is 1. The summed E-state index contributed by atoms with van der Waals surface area (Å²) in [4.78, 5) is 17.6. The van der Waals surface area contributed by atoms with Crippen LogP contribution >= 0.6 is 0 Å². The van der Waals surface area contributed by atoms with Crippen molar-refractivity contribution in [1.82, 2.24) is 15.2 Å². The topological polar surface area (TPSA) is 54.5 Å². The molecule has 1 amide bonds. The monoisotopic (exact) mass is 263 g/mol. The molecule has 0 saturated carbocycles. The number of likely N-dealkylation sites (N-methyl/N-ethyl adjacent to an activating group) is 1. The third kappa shape index (κ3) is 3.23. The molecule has 5 heteroatoms. The van der Waals surface area contributed by atoms with Crippen molar-refractivity contribution >= 4 is 5.91 Å². The van der Waals surface area contributed by atoms with E-state index in [1.807, 2.05) is 31.0 Å². The van der Waals surface area contributed by atoms with Crippen LogP contribution < -0.4 is 10.1 Å². The number of aromatic nitrogens is 1. The highest BCUT2D eigenvalue weighted by molar-refractivity contribution is 5.78. The first-order valence-corrected chi connectivity index (χ1v) is 6.58. The van der Waals surface area contributed by atoms with Gasteiger partial charge in [0, 0.05) is 43.9 Å². The van der Waals surface area contributed by atoms with Gasteiger partial charge in [0.25, 0.3) is 0 Å². The molecular formula is C14H21N3O2. The van der Waals surface area contributed by atoms with Gasteiger partial charge in [-0.1, -0.05) is 6.07 Å². The zero-order valence-corrected chi connectivity index (χ0v) is 11.8. The molecule has 19 heavy (non-hydrogen) atoms. The Morgan fingerprint density at radius 1 is 1.53 bits per heavy atom. The van der Waals surface area contributed by atoms with E-state index in [4.69, 9.17) is 4.74 Å². The van der Waals surface area contributed by atoms with Crippen LogP contribution in [0.15, 0.2) is 12.1 Å². The number of carbonyl (C=O) groups is 1. The summed E-state index contributed by atoms with van der Waals surface area (Å²) in [5, 5.41) is 3.37. The molecule has 1 N–H and O–H groups in total. The molecule has 2 rings (SSSR count). The fourth-order valence-corrected chi connectivity index (χ4v) is 2.35. The molecular weight excluding hydrogens is 242 g/mol. The van der Waals surface area contributed by atoms with Gasteiger partial charge in [0.1, 0.15) is 0 Å². The molecule has 1 atom stereocenters. The number of aryl methyl sites for hydroxylation is 1. The third-order valence-corrected chi connectivity index (χ3v) is 3.60. The first kappa shape index (κ1) is 13.8. The first-order valence-electron chi connectivity index (χ1n) is 6.58. The SMILES string of the molecule is COc1nc(C)ccc1CNCC1CCC(=O)N1C. The van der Waals surface area contributed by atoms with E-state index in [1.54, 1.807) is 7.11 Å². The maximum Gasteiger partial charge on any atom is 0.222 e. The average Bonchev–Trinajstić information content (AvgIpc) is 2.72. The van der Waals surface area contributed by atoms with Crippen molar-refractivity contribution in [2.75, 3.05) is 20.7 Å². The molecule has 1 fully saturated rings. The molecule has 1 saturated heterocycles. The Morgan fingerprint density at radius 2 is 2.32 bits per heavy atom. The maximum atomic E-state index is 11.4. The minimum atomic E-state index is 0.237. The first-order chi connectivity index (χ1) is 9.11. The van der Waals surface area contributed by atoms with Crippen molar-refractivity contribution in [3.63, 3.8) is 0 Å². The number of carbonyl (C=O) groups excluding carboxylic acids is 1. The van der Waals surface area contributed by atoms with Gasteiger partial charge in [0.2, 0.25) is 11.8 Å². The van der Waals surface area contributed by atoms with Crippen molar-refractivity contribution in [3.8, 4) is 5.88 Å². The Bertz CT molecular complexity index is 462. The normalized spacial score (nSPS) is 19.0. The van der Waals surface area contributed by atoms with Crippen molar-refractivity contribution < 1.29 is 9.53 Å². The van der Waals surface area contributed by atoms with Gasteiger partial charge in [-0.3, -0.25) is 4.79 Å². The fourth-order valence-electron chi connectivity index (χ4n) is 2.35. The van der Waals surface area contributed by atoms with Crippen LogP contribution in [-0.4, -0.2) is 42.5 Å². The predicted octanol–water partition coefficient (Wildman–Crippen LogP) is 1.11. The molecule has 104 valence electrons. The van der Waals surface area contributed by atoms with Gasteiger partial charge in [-0.15, -0.1) is 0 Å². The number of likely N-dealkylation sites (tertiary alicyclic amines) is 1. The molecule has 0 radical (unpaired) electrons. The van der Waals surface area contributed by atoms with E-state index in [0.717, 1.165) is 24.2 Å². The molecule has 1 aliphatic heterocycles. The zero-order chi connectivity index (χ0) is 13.8. The van der Waals surface area contributed by atoms with Crippen molar-refractivity contribution in [2.24, 2.45) is 0 Å². The van der Waals surface area contributed by atoms with Crippen LogP contribution in [0.2, 0.25) is 0 Å². The summed E-state index contributed by atoms with van der Waals surface area (Å²) in [6.45, 7) is 3.45. The minimum Gasteiger partial charge on any atom is -0.481 e. The lowest BCUT2D eigenvalue weighted by molar-refractivity contribution is -0.127. The number of nitrogens with zero attached hydrogens (tertiary/aromatic N) is 2. The van der Waals surface area contributed by atoms with E-state index in [1.165, 1.54) is 0 Å². The number of methoxy groups -OCH3 is 1. The van der Waals surface area contributed by atoms with Crippen LogP contribution in [0.1, 0.15) is 24.1 Å². The summed E-state index contributed by atoms with van der Waals surface area (Å²) in [7, 11) is 3.50. The van der Waals surface area contributed by atoms with Crippen LogP contribution in [0.5, 0.6) is 5.88 Å². The van der Waals surface area contributed by atoms with Crippen LogP contribution in [0.3, 0.4) is 0 Å². The number of hydrogen-bond donors (Lipinski definition) is 1. The van der Waals surface area contributed by atoms with E-state index in [0.29, 0.717) is 24.9 Å². The summed E-state index contributed by atoms with van der Waals surface area (Å²) in [5.41, 5.74) is 1.99. The van der Waals surface area contributed by atoms with E-state index >= 15 is 0 Å². The van der Waals surface area contributed by atoms with Crippen LogP contribution in [0.25, 0.3) is 0 Å². The number of rotatable bonds is 5. The van der Waals surface area contributed by atoms with E-state index < -0.39 is 0 Å². The average molecular weight is 263 g/mol. The minimum absolute atomic E-state index is 0.237. The van der Waals surface area contributed by atoms with Crippen molar-refractivity contribution in [3.05, 3.63) is 23.4 Å². The third-order valence-electron chi connectivity index (χ3n) is 3.60. The number of amides is 1. The maximum absolute atomic E-state index is 11.4. The van der Waals surface area contributed by atoms with Gasteiger partial charge in [-0.25, -0.2) is 4.98 Å². The van der Waals surface area contributed by atoms with E-state index in [9.17, 15) is 4.79 Å². The predicted molar refractivity (Wildman–Crippen MR) is 73.0 cm³/mol. The zero-order valence-electron chi connectivity index (χ0n) is 11.8. The molecule has 0 aliphatic carbocycles. The number of hydrogen-bond acceptors (Lipinski definition) is 4. The van der Waals surface area contributed by atoms with Gasteiger partial charge in [0.15, 0.2) is 0 Å².